The third kappa shape index (κ3) is 4.44. The van der Waals surface area contributed by atoms with Gasteiger partial charge in [-0.05, 0) is 18.6 Å². The highest BCUT2D eigenvalue weighted by Crippen LogP contribution is 2.31. The number of likely N-dealkylation sites (tertiary alicyclic amines) is 1. The maximum atomic E-state index is 14.1. The Bertz CT molecular complexity index is 1470. The van der Waals surface area contributed by atoms with E-state index >= 15 is 0 Å². The van der Waals surface area contributed by atoms with Crippen LogP contribution < -0.4 is 27.8 Å². The molecule has 0 aliphatic carbocycles. The fraction of sp³-hybridized carbons (Fsp3) is 0.304. The van der Waals surface area contributed by atoms with E-state index in [1.54, 1.807) is 26.3 Å². The molecule has 1 aliphatic heterocycles. The molecule has 0 spiro atoms. The lowest BCUT2D eigenvalue weighted by Crippen LogP contribution is -2.53. The summed E-state index contributed by atoms with van der Waals surface area (Å²) in [6.45, 7) is 2.42. The highest BCUT2D eigenvalue weighted by molar-refractivity contribution is 5.74. The lowest BCUT2D eigenvalue weighted by atomic mass is 10.1. The van der Waals surface area contributed by atoms with Crippen LogP contribution in [0.1, 0.15) is 11.3 Å². The minimum absolute atomic E-state index is 0.0286. The van der Waals surface area contributed by atoms with Gasteiger partial charge in [-0.2, -0.15) is 5.26 Å². The van der Waals surface area contributed by atoms with E-state index in [-0.39, 0.29) is 41.1 Å². The molecule has 1 aliphatic rings. The van der Waals surface area contributed by atoms with Gasteiger partial charge >= 0.3 is 5.69 Å². The van der Waals surface area contributed by atoms with Gasteiger partial charge < -0.3 is 10.5 Å². The van der Waals surface area contributed by atoms with Crippen LogP contribution >= 0.6 is 0 Å². The van der Waals surface area contributed by atoms with E-state index < -0.39 is 29.4 Å². The molecule has 13 heteroatoms. The lowest BCUT2D eigenvalue weighted by molar-refractivity contribution is -0.0343. The predicted molar refractivity (Wildman–Crippen MR) is 128 cm³/mol. The molecular formula is C23H24F2N8O3. The van der Waals surface area contributed by atoms with Crippen LogP contribution in [0.15, 0.2) is 40.2 Å². The van der Waals surface area contributed by atoms with Crippen molar-refractivity contribution in [1.82, 2.24) is 19.0 Å². The molecule has 188 valence electrons. The first-order valence-corrected chi connectivity index (χ1v) is 10.9. The minimum Gasteiger partial charge on any atom is -0.397 e. The number of aryl methyl sites for hydroxylation is 1. The normalized spacial score (nSPS) is 13.9. The molecule has 11 nitrogen and oxygen atoms in total. The number of hydrazine groups is 1. The highest BCUT2D eigenvalue weighted by Gasteiger charge is 2.31. The zero-order valence-electron chi connectivity index (χ0n) is 19.6. The number of rotatable bonds is 7. The number of methoxy groups -OCH3 is 1. The first-order valence-electron chi connectivity index (χ1n) is 10.9. The zero-order chi connectivity index (χ0) is 26.1. The minimum atomic E-state index is -1.23. The van der Waals surface area contributed by atoms with E-state index in [0.29, 0.717) is 18.7 Å². The molecule has 0 bridgehead atoms. The largest absolute Gasteiger partial charge is 0.397 e. The monoisotopic (exact) mass is 498 g/mol. The van der Waals surface area contributed by atoms with Crippen LogP contribution in [-0.2, 0) is 17.8 Å². The Labute approximate surface area is 204 Å². The molecule has 4 rings (SSSR count). The van der Waals surface area contributed by atoms with Crippen molar-refractivity contribution in [2.75, 3.05) is 30.9 Å². The molecule has 36 heavy (non-hydrogen) atoms. The maximum Gasteiger partial charge on any atom is 0.336 e. The lowest BCUT2D eigenvalue weighted by Gasteiger charge is -2.39. The number of aromatic nitrogens is 3. The van der Waals surface area contributed by atoms with Crippen molar-refractivity contribution in [3.63, 3.8) is 0 Å². The van der Waals surface area contributed by atoms with Gasteiger partial charge in [-0.1, -0.05) is 0 Å². The summed E-state index contributed by atoms with van der Waals surface area (Å²) < 4.78 is 35.1. The Hall–Kier alpha value is -4.12. The summed E-state index contributed by atoms with van der Waals surface area (Å²) in [6.07, 6.45) is 2.84. The van der Waals surface area contributed by atoms with Gasteiger partial charge in [0.25, 0.3) is 5.56 Å². The second-order valence-electron chi connectivity index (χ2n) is 8.43. The van der Waals surface area contributed by atoms with Crippen molar-refractivity contribution in [1.29, 1.82) is 5.26 Å². The fourth-order valence-electron chi connectivity index (χ4n) is 4.10. The molecule has 1 aromatic carbocycles. The quantitative estimate of drug-likeness (QED) is 0.276. The second kappa shape index (κ2) is 9.86. The summed E-state index contributed by atoms with van der Waals surface area (Å²) in [5.74, 6) is 3.90. The van der Waals surface area contributed by atoms with Crippen molar-refractivity contribution in [3.8, 4) is 11.8 Å². The van der Waals surface area contributed by atoms with Crippen molar-refractivity contribution < 1.29 is 13.5 Å². The Morgan fingerprint density at radius 2 is 1.92 bits per heavy atom. The summed E-state index contributed by atoms with van der Waals surface area (Å²) in [7, 11) is 1.57. The Morgan fingerprint density at radius 3 is 2.56 bits per heavy atom. The van der Waals surface area contributed by atoms with Crippen LogP contribution in [-0.4, -0.2) is 45.3 Å². The fourth-order valence-corrected chi connectivity index (χ4v) is 4.10. The van der Waals surface area contributed by atoms with Crippen molar-refractivity contribution in [2.24, 2.45) is 5.84 Å². The van der Waals surface area contributed by atoms with E-state index in [0.717, 1.165) is 26.3 Å². The molecule has 4 N–H and O–H groups in total. The maximum absolute atomic E-state index is 14.1. The third-order valence-electron chi connectivity index (χ3n) is 5.97. The first kappa shape index (κ1) is 25.0. The number of halogens is 2. The molecule has 0 amide bonds. The van der Waals surface area contributed by atoms with E-state index in [1.807, 2.05) is 11.0 Å². The summed E-state index contributed by atoms with van der Waals surface area (Å²) in [4.78, 5) is 33.3. The van der Waals surface area contributed by atoms with Crippen LogP contribution in [0.3, 0.4) is 0 Å². The number of nitrogens with two attached hydrogens (primary N) is 2. The Balaban J connectivity index is 2.00. The van der Waals surface area contributed by atoms with Crippen molar-refractivity contribution in [3.05, 3.63) is 74.3 Å². The molecule has 0 atom stereocenters. The number of anilines is 3. The van der Waals surface area contributed by atoms with Gasteiger partial charge in [0.15, 0.2) is 11.6 Å². The standard InChI is InChI=1S/C23H24F2N8O3/c1-13-5-14(9-29-8-13)32-22(34)21(33(28)19-7-17(25)16(24)6-18(19)27)20(31(4-3-26)23(32)35)12-30-10-15(11-30)36-2/h5-9,15H,4,10-12,27-28H2,1-2H3. The molecule has 0 radical (unpaired) electrons. The average molecular weight is 498 g/mol. The SMILES string of the molecule is COC1CN(Cc2c(N(N)c3cc(F)c(F)cc3N)c(=O)n(-c3cncc(C)c3)c(=O)n2CC#N)C1. The number of pyridine rings is 1. The zero-order valence-corrected chi connectivity index (χ0v) is 19.6. The second-order valence-corrected chi connectivity index (χ2v) is 8.43. The predicted octanol–water partition coefficient (Wildman–Crippen LogP) is 0.929. The van der Waals surface area contributed by atoms with Gasteiger partial charge in [-0.3, -0.25) is 24.3 Å². The summed E-state index contributed by atoms with van der Waals surface area (Å²) in [5, 5.41) is 10.3. The third-order valence-corrected chi connectivity index (χ3v) is 5.97. The highest BCUT2D eigenvalue weighted by atomic mass is 19.2. The van der Waals surface area contributed by atoms with Crippen LogP contribution in [0.5, 0.6) is 0 Å². The van der Waals surface area contributed by atoms with E-state index in [2.05, 4.69) is 4.98 Å². The number of nitrogens with zero attached hydrogens (tertiary/aromatic N) is 6. The molecule has 0 saturated carbocycles. The number of hydrogen-bond acceptors (Lipinski definition) is 9. The van der Waals surface area contributed by atoms with Gasteiger partial charge in [0, 0.05) is 45.1 Å². The van der Waals surface area contributed by atoms with Crippen LogP contribution in [0, 0.1) is 29.9 Å². The summed E-state index contributed by atoms with van der Waals surface area (Å²) >= 11 is 0. The van der Waals surface area contributed by atoms with E-state index in [1.165, 1.54) is 6.20 Å². The van der Waals surface area contributed by atoms with Gasteiger partial charge in [0.05, 0.1) is 41.1 Å². The van der Waals surface area contributed by atoms with Gasteiger partial charge in [-0.25, -0.2) is 24.0 Å². The molecule has 3 heterocycles. The number of nitrogen functional groups attached to an aromatic ring is 1. The molecule has 2 aromatic heterocycles. The molecule has 1 fully saturated rings. The van der Waals surface area contributed by atoms with Crippen LogP contribution in [0.4, 0.5) is 25.8 Å². The summed E-state index contributed by atoms with van der Waals surface area (Å²) in [6, 6.07) is 5.01. The van der Waals surface area contributed by atoms with Crippen molar-refractivity contribution >= 4 is 17.1 Å². The van der Waals surface area contributed by atoms with E-state index in [4.69, 9.17) is 16.3 Å². The van der Waals surface area contributed by atoms with Crippen molar-refractivity contribution in [2.45, 2.75) is 26.1 Å². The first-order chi connectivity index (χ1) is 17.2. The molecule has 0 unspecified atom stereocenters. The van der Waals surface area contributed by atoms with Gasteiger partial charge in [0.2, 0.25) is 0 Å². The van der Waals surface area contributed by atoms with Gasteiger partial charge in [-0.15, -0.1) is 0 Å². The topological polar surface area (TPSA) is 148 Å². The van der Waals surface area contributed by atoms with E-state index in [9.17, 15) is 23.6 Å². The summed E-state index contributed by atoms with van der Waals surface area (Å²) in [5.41, 5.74) is 4.58. The molecule has 3 aromatic rings. The number of nitriles is 1. The Morgan fingerprint density at radius 1 is 1.22 bits per heavy atom. The molecular weight excluding hydrogens is 474 g/mol. The number of ether oxygens (including phenoxy) is 1. The number of benzene rings is 1. The Kier molecular flexibility index (Phi) is 6.84. The van der Waals surface area contributed by atoms with Crippen LogP contribution in [0.2, 0.25) is 0 Å². The van der Waals surface area contributed by atoms with Gasteiger partial charge in [0.1, 0.15) is 12.2 Å². The number of hydrogen-bond donors (Lipinski definition) is 2. The van der Waals surface area contributed by atoms with Crippen LogP contribution in [0.25, 0.3) is 5.69 Å². The molecule has 1 saturated heterocycles. The smallest absolute Gasteiger partial charge is 0.336 e. The average Bonchev–Trinajstić information content (AvgIpc) is 2.80.